The van der Waals surface area contributed by atoms with Crippen molar-refractivity contribution in [2.24, 2.45) is 5.92 Å². The molecule has 0 bridgehead atoms. The van der Waals surface area contributed by atoms with Crippen molar-refractivity contribution in [2.45, 2.75) is 32.2 Å². The molecule has 0 saturated heterocycles. The molecule has 0 spiro atoms. The predicted molar refractivity (Wildman–Crippen MR) is 71.1 cm³/mol. The van der Waals surface area contributed by atoms with Crippen molar-refractivity contribution >= 4 is 5.91 Å². The Labute approximate surface area is 117 Å². The van der Waals surface area contributed by atoms with Gasteiger partial charge in [0.15, 0.2) is 0 Å². The highest BCUT2D eigenvalue weighted by molar-refractivity contribution is 5.76. The third-order valence-corrected chi connectivity index (χ3v) is 3.38. The minimum Gasteiger partial charge on any atom is -0.381 e. The summed E-state index contributed by atoms with van der Waals surface area (Å²) in [5.74, 6) is -0.967. The van der Waals surface area contributed by atoms with Gasteiger partial charge in [-0.1, -0.05) is 0 Å². The molecule has 1 saturated carbocycles. The van der Waals surface area contributed by atoms with Crippen LogP contribution in [0.15, 0.2) is 18.2 Å². The molecule has 0 aromatic heterocycles. The molecule has 1 atom stereocenters. The second-order valence-corrected chi connectivity index (χ2v) is 5.00. The van der Waals surface area contributed by atoms with Gasteiger partial charge in [-0.25, -0.2) is 8.78 Å². The first-order chi connectivity index (χ1) is 9.61. The summed E-state index contributed by atoms with van der Waals surface area (Å²) in [7, 11) is 0. The molecule has 1 N–H and O–H groups in total. The second kappa shape index (κ2) is 6.79. The maximum absolute atomic E-state index is 13.8. The lowest BCUT2D eigenvalue weighted by Crippen LogP contribution is -2.31. The Kier molecular flexibility index (Phi) is 5.06. The van der Waals surface area contributed by atoms with Crippen molar-refractivity contribution in [3.05, 3.63) is 35.4 Å². The van der Waals surface area contributed by atoms with Gasteiger partial charge in [0.2, 0.25) is 5.91 Å². The monoisotopic (exact) mass is 283 g/mol. The molecule has 2 rings (SSSR count). The fourth-order valence-corrected chi connectivity index (χ4v) is 2.19. The molecule has 1 aromatic rings. The fraction of sp³-hybridized carbons (Fsp3) is 0.533. The van der Waals surface area contributed by atoms with Crippen LogP contribution in [0.1, 0.15) is 37.8 Å². The Morgan fingerprint density at radius 3 is 2.85 bits per heavy atom. The molecule has 0 aliphatic heterocycles. The zero-order chi connectivity index (χ0) is 14.5. The second-order valence-electron chi connectivity index (χ2n) is 5.00. The lowest BCUT2D eigenvalue weighted by atomic mass is 10.0. The minimum absolute atomic E-state index is 0.195. The molecule has 1 fully saturated rings. The summed E-state index contributed by atoms with van der Waals surface area (Å²) in [6, 6.07) is 2.91. The molecular formula is C15H19F2NO2. The van der Waals surface area contributed by atoms with Crippen LogP contribution in [0.3, 0.4) is 0 Å². The topological polar surface area (TPSA) is 38.3 Å². The minimum atomic E-state index is -0.490. The molecule has 3 nitrogen and oxygen atoms in total. The van der Waals surface area contributed by atoms with Crippen LogP contribution in [0.5, 0.6) is 0 Å². The fourth-order valence-electron chi connectivity index (χ4n) is 2.19. The molecule has 110 valence electrons. The van der Waals surface area contributed by atoms with Gasteiger partial charge >= 0.3 is 0 Å². The quantitative estimate of drug-likeness (QED) is 0.781. The third kappa shape index (κ3) is 4.00. The van der Waals surface area contributed by atoms with E-state index in [-0.39, 0.29) is 23.8 Å². The van der Waals surface area contributed by atoms with E-state index in [0.29, 0.717) is 13.2 Å². The number of rotatable bonds is 7. The van der Waals surface area contributed by atoms with Crippen LogP contribution in [0, 0.1) is 17.6 Å². The van der Waals surface area contributed by atoms with Crippen molar-refractivity contribution in [3.63, 3.8) is 0 Å². The number of ether oxygens (including phenoxy) is 1. The number of hydrogen-bond donors (Lipinski definition) is 1. The van der Waals surface area contributed by atoms with Crippen LogP contribution in [0.4, 0.5) is 8.78 Å². The molecule has 0 radical (unpaired) electrons. The molecule has 5 heteroatoms. The number of amides is 1. The van der Waals surface area contributed by atoms with Gasteiger partial charge in [0.05, 0.1) is 12.6 Å². The van der Waals surface area contributed by atoms with Crippen LogP contribution in [0.2, 0.25) is 0 Å². The van der Waals surface area contributed by atoms with Crippen LogP contribution in [-0.2, 0) is 9.53 Å². The van der Waals surface area contributed by atoms with E-state index in [1.165, 1.54) is 6.07 Å². The first-order valence-corrected chi connectivity index (χ1v) is 6.94. The summed E-state index contributed by atoms with van der Waals surface area (Å²) in [4.78, 5) is 11.8. The third-order valence-electron chi connectivity index (χ3n) is 3.38. The Hall–Kier alpha value is -1.49. The molecule has 20 heavy (non-hydrogen) atoms. The maximum atomic E-state index is 13.8. The highest BCUT2D eigenvalue weighted by Crippen LogP contribution is 2.41. The van der Waals surface area contributed by atoms with Crippen LogP contribution >= 0.6 is 0 Å². The van der Waals surface area contributed by atoms with Crippen LogP contribution in [0.25, 0.3) is 0 Å². The van der Waals surface area contributed by atoms with Crippen LogP contribution in [-0.4, -0.2) is 19.1 Å². The molecule has 1 aromatic carbocycles. The number of halogens is 2. The van der Waals surface area contributed by atoms with E-state index in [1.54, 1.807) is 0 Å². The van der Waals surface area contributed by atoms with Gasteiger partial charge in [0, 0.05) is 18.6 Å². The van der Waals surface area contributed by atoms with Gasteiger partial charge in [-0.3, -0.25) is 4.79 Å². The number of benzene rings is 1. The molecule has 0 heterocycles. The number of hydrogen-bond acceptors (Lipinski definition) is 2. The highest BCUT2D eigenvalue weighted by atomic mass is 19.1. The summed E-state index contributed by atoms with van der Waals surface area (Å²) < 4.78 is 32.2. The maximum Gasteiger partial charge on any atom is 0.222 e. The van der Waals surface area contributed by atoms with E-state index in [9.17, 15) is 13.6 Å². The van der Waals surface area contributed by atoms with Gasteiger partial charge in [0.1, 0.15) is 11.6 Å². The normalized spacial score (nSPS) is 15.9. The van der Waals surface area contributed by atoms with Gasteiger partial charge in [-0.2, -0.15) is 0 Å². The van der Waals surface area contributed by atoms with E-state index in [4.69, 9.17) is 4.74 Å². The van der Waals surface area contributed by atoms with E-state index < -0.39 is 17.7 Å². The average Bonchev–Trinajstić information content (AvgIpc) is 3.24. The first kappa shape index (κ1) is 14.9. The van der Waals surface area contributed by atoms with Gasteiger partial charge in [-0.15, -0.1) is 0 Å². The van der Waals surface area contributed by atoms with E-state index in [0.717, 1.165) is 25.0 Å². The lowest BCUT2D eigenvalue weighted by Gasteiger charge is -2.19. The smallest absolute Gasteiger partial charge is 0.222 e. The van der Waals surface area contributed by atoms with E-state index >= 15 is 0 Å². The first-order valence-electron chi connectivity index (χ1n) is 6.94. The highest BCUT2D eigenvalue weighted by Gasteiger charge is 2.35. The molecule has 0 unspecified atom stereocenters. The zero-order valence-electron chi connectivity index (χ0n) is 11.5. The molecule has 1 aliphatic rings. The van der Waals surface area contributed by atoms with Gasteiger partial charge < -0.3 is 10.1 Å². The van der Waals surface area contributed by atoms with Crippen molar-refractivity contribution in [2.75, 3.05) is 13.2 Å². The Balaban J connectivity index is 2.04. The molecular weight excluding hydrogens is 264 g/mol. The summed E-state index contributed by atoms with van der Waals surface area (Å²) in [6.45, 7) is 2.75. The summed E-state index contributed by atoms with van der Waals surface area (Å²) >= 11 is 0. The Morgan fingerprint density at radius 2 is 2.20 bits per heavy atom. The molecule has 1 aliphatic carbocycles. The van der Waals surface area contributed by atoms with E-state index in [2.05, 4.69) is 5.32 Å². The van der Waals surface area contributed by atoms with Crippen molar-refractivity contribution in [1.29, 1.82) is 0 Å². The SMILES string of the molecule is CCOCCC(=O)N[C@H](c1cc(F)ccc1F)C1CC1. The standard InChI is InChI=1S/C15H19F2NO2/c1-2-20-8-7-14(19)18-15(10-3-4-10)12-9-11(16)5-6-13(12)17/h5-6,9-10,15H,2-4,7-8H2,1H3,(H,18,19)/t15-/m0/s1. The Morgan fingerprint density at radius 1 is 1.45 bits per heavy atom. The van der Waals surface area contributed by atoms with Crippen LogP contribution < -0.4 is 5.32 Å². The number of carbonyl (C=O) groups is 1. The van der Waals surface area contributed by atoms with Crippen molar-refractivity contribution in [1.82, 2.24) is 5.32 Å². The number of nitrogens with one attached hydrogen (secondary N) is 1. The summed E-state index contributed by atoms with van der Waals surface area (Å²) in [6.07, 6.45) is 2.08. The predicted octanol–water partition coefficient (Wildman–Crippen LogP) is 2.96. The van der Waals surface area contributed by atoms with E-state index in [1.807, 2.05) is 6.92 Å². The largest absolute Gasteiger partial charge is 0.381 e. The Bertz CT molecular complexity index is 475. The number of carbonyl (C=O) groups excluding carboxylic acids is 1. The average molecular weight is 283 g/mol. The van der Waals surface area contributed by atoms with Gasteiger partial charge in [-0.05, 0) is 43.9 Å². The zero-order valence-corrected chi connectivity index (χ0v) is 11.5. The van der Waals surface area contributed by atoms with Crippen molar-refractivity contribution < 1.29 is 18.3 Å². The summed E-state index contributed by atoms with van der Waals surface area (Å²) in [5.41, 5.74) is 0.234. The summed E-state index contributed by atoms with van der Waals surface area (Å²) in [5, 5.41) is 2.80. The van der Waals surface area contributed by atoms with Crippen molar-refractivity contribution in [3.8, 4) is 0 Å². The van der Waals surface area contributed by atoms with Gasteiger partial charge in [0.25, 0.3) is 0 Å². The lowest BCUT2D eigenvalue weighted by molar-refractivity contribution is -0.123. The molecule has 1 amide bonds.